The molecule has 4 rings (SSSR count). The van der Waals surface area contributed by atoms with Gasteiger partial charge in [-0.15, -0.1) is 0 Å². The van der Waals surface area contributed by atoms with Crippen molar-refractivity contribution in [1.82, 2.24) is 0 Å². The molecule has 4 unspecified atom stereocenters. The van der Waals surface area contributed by atoms with Crippen LogP contribution in [0.5, 0.6) is 0 Å². The molecule has 104 valence electrons. The van der Waals surface area contributed by atoms with Gasteiger partial charge in [-0.3, -0.25) is 0 Å². The third kappa shape index (κ3) is 1.76. The van der Waals surface area contributed by atoms with Crippen molar-refractivity contribution in [1.29, 1.82) is 0 Å². The van der Waals surface area contributed by atoms with E-state index in [-0.39, 0.29) is 5.41 Å². The molecule has 0 amide bonds. The lowest BCUT2D eigenvalue weighted by Crippen LogP contribution is -2.34. The quantitative estimate of drug-likeness (QED) is 0.689. The van der Waals surface area contributed by atoms with Crippen LogP contribution in [0.3, 0.4) is 0 Å². The Balaban J connectivity index is 1.87. The zero-order valence-electron chi connectivity index (χ0n) is 12.7. The third-order valence-electron chi connectivity index (χ3n) is 5.86. The average molecular weight is 272 g/mol. The average Bonchev–Trinajstić information content (AvgIpc) is 2.80. The van der Waals surface area contributed by atoms with E-state index in [1.807, 2.05) is 0 Å². The third-order valence-corrected chi connectivity index (χ3v) is 5.86. The first-order valence-electron chi connectivity index (χ1n) is 7.98. The maximum atomic E-state index is 2.47. The maximum Gasteiger partial charge on any atom is 0.139 e. The molecule has 0 bridgehead atoms. The predicted octanol–water partition coefficient (Wildman–Crippen LogP) is 2.93. The van der Waals surface area contributed by atoms with Crippen molar-refractivity contribution in [2.75, 3.05) is 0 Å². The van der Waals surface area contributed by atoms with Gasteiger partial charge in [0, 0.05) is 5.41 Å². The zero-order valence-corrected chi connectivity index (χ0v) is 12.7. The summed E-state index contributed by atoms with van der Waals surface area (Å²) in [5.74, 6) is 2.44. The van der Waals surface area contributed by atoms with Crippen molar-refractivity contribution in [3.05, 3.63) is 78.4 Å². The second kappa shape index (κ2) is 4.63. The molecule has 21 heavy (non-hydrogen) atoms. The second-order valence-corrected chi connectivity index (χ2v) is 6.89. The van der Waals surface area contributed by atoms with Gasteiger partial charge in [-0.2, -0.15) is 0 Å². The lowest BCUT2D eigenvalue weighted by Gasteiger charge is -2.37. The van der Waals surface area contributed by atoms with Crippen LogP contribution in [-0.2, 0) is 5.41 Å². The molecule has 0 radical (unpaired) electrons. The highest BCUT2D eigenvalue weighted by atomic mass is 14.6. The molecule has 1 fully saturated rings. The van der Waals surface area contributed by atoms with E-state index in [1.165, 1.54) is 11.0 Å². The van der Waals surface area contributed by atoms with Crippen LogP contribution in [-0.4, -0.2) is 7.85 Å². The van der Waals surface area contributed by atoms with Gasteiger partial charge >= 0.3 is 0 Å². The summed E-state index contributed by atoms with van der Waals surface area (Å²) >= 11 is 0. The summed E-state index contributed by atoms with van der Waals surface area (Å²) in [4.78, 5) is 0. The summed E-state index contributed by atoms with van der Waals surface area (Å²) < 4.78 is 0. The largest absolute Gasteiger partial charge is 0.139 e. The molecule has 1 heteroatoms. The Morgan fingerprint density at radius 2 is 1.24 bits per heavy atom. The molecular formula is C20H21B. The van der Waals surface area contributed by atoms with E-state index in [2.05, 4.69) is 87.6 Å². The molecule has 0 aliphatic heterocycles. The fourth-order valence-corrected chi connectivity index (χ4v) is 4.70. The molecule has 3 aliphatic rings. The summed E-state index contributed by atoms with van der Waals surface area (Å²) in [5, 5.41) is 0. The molecule has 0 N–H and O–H groups in total. The van der Waals surface area contributed by atoms with Crippen molar-refractivity contribution in [2.24, 2.45) is 23.7 Å². The highest BCUT2D eigenvalue weighted by Crippen LogP contribution is 2.58. The minimum absolute atomic E-state index is 0.186. The highest BCUT2D eigenvalue weighted by molar-refractivity contribution is 6.32. The molecule has 0 aromatic heterocycles. The van der Waals surface area contributed by atoms with Gasteiger partial charge in [0.2, 0.25) is 0 Å². The highest BCUT2D eigenvalue weighted by Gasteiger charge is 2.55. The predicted molar refractivity (Wildman–Crippen MR) is 92.5 cm³/mol. The van der Waals surface area contributed by atoms with Gasteiger partial charge < -0.3 is 0 Å². The summed E-state index contributed by atoms with van der Waals surface area (Å²) in [7, 11) is 2.17. The van der Waals surface area contributed by atoms with Crippen LogP contribution in [0, 0.1) is 23.7 Å². The second-order valence-electron chi connectivity index (χ2n) is 6.89. The molecule has 0 heterocycles. The van der Waals surface area contributed by atoms with Crippen molar-refractivity contribution in [2.45, 2.75) is 12.3 Å². The molecule has 0 nitrogen and oxygen atoms in total. The first kappa shape index (κ1) is 12.9. The van der Waals surface area contributed by atoms with Crippen LogP contribution < -0.4 is 5.46 Å². The Hall–Kier alpha value is -1.76. The summed E-state index contributed by atoms with van der Waals surface area (Å²) in [6.07, 6.45) is 18.6. The van der Waals surface area contributed by atoms with E-state index in [0.717, 1.165) is 0 Å². The number of benzene rings is 1. The summed E-state index contributed by atoms with van der Waals surface area (Å²) in [5.41, 5.74) is 3.01. The van der Waals surface area contributed by atoms with Crippen molar-refractivity contribution in [3.63, 3.8) is 0 Å². The molecule has 3 aliphatic carbocycles. The summed E-state index contributed by atoms with van der Waals surface area (Å²) in [6, 6.07) is 9.20. The molecule has 1 saturated carbocycles. The van der Waals surface area contributed by atoms with Gasteiger partial charge in [0.05, 0.1) is 0 Å². The maximum absolute atomic E-state index is 2.47. The molecule has 1 aromatic carbocycles. The fraction of sp³-hybridized carbons (Fsp3) is 0.300. The van der Waals surface area contributed by atoms with E-state index in [9.17, 15) is 0 Å². The normalized spacial score (nSPS) is 39.3. The van der Waals surface area contributed by atoms with E-state index in [4.69, 9.17) is 0 Å². The van der Waals surface area contributed by atoms with Gasteiger partial charge in [-0.25, -0.2) is 0 Å². The smallest absolute Gasteiger partial charge is 0.0889 e. The first-order chi connectivity index (χ1) is 10.2. The number of allylic oxidation sites excluding steroid dienone is 8. The number of hydrogen-bond acceptors (Lipinski definition) is 0. The van der Waals surface area contributed by atoms with Crippen LogP contribution in [0.15, 0.2) is 72.9 Å². The van der Waals surface area contributed by atoms with Crippen molar-refractivity contribution < 1.29 is 0 Å². The minimum atomic E-state index is 0.186. The van der Waals surface area contributed by atoms with Crippen LogP contribution >= 0.6 is 0 Å². The topological polar surface area (TPSA) is 0 Å². The Labute approximate surface area is 128 Å². The first-order valence-corrected chi connectivity index (χ1v) is 7.98. The Kier molecular flexibility index (Phi) is 2.85. The Bertz CT molecular complexity index is 626. The van der Waals surface area contributed by atoms with E-state index in [1.54, 1.807) is 0 Å². The van der Waals surface area contributed by atoms with Gasteiger partial charge in [0.15, 0.2) is 0 Å². The van der Waals surface area contributed by atoms with Crippen LogP contribution in [0.1, 0.15) is 12.5 Å². The lowest BCUT2D eigenvalue weighted by atomic mass is 9.66. The van der Waals surface area contributed by atoms with Gasteiger partial charge in [-0.05, 0) is 29.2 Å². The standard InChI is InChI=1S/C20H21B/c1-20(14-10-12-15(21)13-11-14)18-8-4-2-6-16(18)17-7-3-5-9-19(17)20/h2-13,16-19H,21H2,1H3. The number of fused-ring (bicyclic) bond motifs is 3. The van der Waals surface area contributed by atoms with E-state index < -0.39 is 0 Å². The van der Waals surface area contributed by atoms with E-state index >= 15 is 0 Å². The van der Waals surface area contributed by atoms with E-state index in [0.29, 0.717) is 23.7 Å². The van der Waals surface area contributed by atoms with Gasteiger partial charge in [-0.1, -0.05) is 85.3 Å². The van der Waals surface area contributed by atoms with Crippen LogP contribution in [0.25, 0.3) is 0 Å². The Morgan fingerprint density at radius 1 is 0.762 bits per heavy atom. The van der Waals surface area contributed by atoms with Gasteiger partial charge in [0.1, 0.15) is 7.85 Å². The molecule has 4 atom stereocenters. The van der Waals surface area contributed by atoms with Crippen LogP contribution in [0.2, 0.25) is 0 Å². The molecule has 0 spiro atoms. The lowest BCUT2D eigenvalue weighted by molar-refractivity contribution is 0.328. The number of hydrogen-bond donors (Lipinski definition) is 0. The van der Waals surface area contributed by atoms with Crippen molar-refractivity contribution >= 4 is 13.3 Å². The molecule has 0 saturated heterocycles. The zero-order chi connectivity index (χ0) is 14.4. The number of rotatable bonds is 1. The van der Waals surface area contributed by atoms with Gasteiger partial charge in [0.25, 0.3) is 0 Å². The summed E-state index contributed by atoms with van der Waals surface area (Å²) in [6.45, 7) is 2.47. The minimum Gasteiger partial charge on any atom is -0.0889 e. The Morgan fingerprint density at radius 3 is 1.76 bits per heavy atom. The molecular weight excluding hydrogens is 251 g/mol. The molecule has 1 aromatic rings. The SMILES string of the molecule is Bc1ccc(C2(C)C3C=CC=CC3C3C=CC=CC32)cc1. The van der Waals surface area contributed by atoms with Crippen LogP contribution in [0.4, 0.5) is 0 Å². The van der Waals surface area contributed by atoms with Crippen molar-refractivity contribution in [3.8, 4) is 0 Å². The monoisotopic (exact) mass is 272 g/mol. The fourth-order valence-electron chi connectivity index (χ4n) is 4.70.